The van der Waals surface area contributed by atoms with Gasteiger partial charge in [-0.25, -0.2) is 4.79 Å². The number of carbonyl (C=O) groups excluding carboxylic acids is 1. The molecule has 0 radical (unpaired) electrons. The van der Waals surface area contributed by atoms with E-state index in [1.54, 1.807) is 42.5 Å². The van der Waals surface area contributed by atoms with Gasteiger partial charge in [-0.3, -0.25) is 9.69 Å². The molecule has 2 aromatic rings. The van der Waals surface area contributed by atoms with E-state index in [2.05, 4.69) is 11.4 Å². The first kappa shape index (κ1) is 26.5. The summed E-state index contributed by atoms with van der Waals surface area (Å²) in [6.07, 6.45) is 2.77. The van der Waals surface area contributed by atoms with E-state index in [1.165, 1.54) is 0 Å². The van der Waals surface area contributed by atoms with Crippen molar-refractivity contribution >= 4 is 24.3 Å². The molecule has 8 nitrogen and oxygen atoms in total. The van der Waals surface area contributed by atoms with E-state index >= 15 is 0 Å². The number of rotatable bonds is 9. The number of nitriles is 1. The van der Waals surface area contributed by atoms with Crippen molar-refractivity contribution in [3.05, 3.63) is 65.2 Å². The molecular formula is C26H30ClN3O5. The highest BCUT2D eigenvalue weighted by Gasteiger charge is 2.51. The molecule has 1 saturated heterocycles. The Labute approximate surface area is 211 Å². The Morgan fingerprint density at radius 3 is 2.37 bits per heavy atom. The number of halogens is 1. The van der Waals surface area contributed by atoms with Crippen LogP contribution >= 0.6 is 12.4 Å². The van der Waals surface area contributed by atoms with Gasteiger partial charge >= 0.3 is 5.97 Å². The predicted octanol–water partition coefficient (Wildman–Crippen LogP) is 3.34. The quantitative estimate of drug-likeness (QED) is 0.544. The molecule has 4 rings (SSSR count). The number of likely N-dealkylation sites (N-methyl/N-ethyl adjacent to an activating group) is 1. The second-order valence-corrected chi connectivity index (χ2v) is 8.94. The zero-order valence-corrected chi connectivity index (χ0v) is 20.5. The molecule has 0 aromatic heterocycles. The number of carbonyl (C=O) groups is 2. The Kier molecular flexibility index (Phi) is 8.39. The lowest BCUT2D eigenvalue weighted by atomic mass is 9.86. The molecule has 1 heterocycles. The van der Waals surface area contributed by atoms with E-state index < -0.39 is 17.0 Å². The van der Waals surface area contributed by atoms with E-state index in [0.717, 1.165) is 18.4 Å². The van der Waals surface area contributed by atoms with Gasteiger partial charge in [0.15, 0.2) is 0 Å². The third kappa shape index (κ3) is 5.59. The van der Waals surface area contributed by atoms with Gasteiger partial charge in [0, 0.05) is 19.8 Å². The first-order chi connectivity index (χ1) is 16.4. The van der Waals surface area contributed by atoms with Crippen LogP contribution in [0.3, 0.4) is 0 Å². The van der Waals surface area contributed by atoms with Crippen LogP contribution in [0, 0.1) is 11.3 Å². The topological polar surface area (TPSA) is 112 Å². The maximum absolute atomic E-state index is 13.7. The van der Waals surface area contributed by atoms with Crippen LogP contribution in [0.5, 0.6) is 5.75 Å². The summed E-state index contributed by atoms with van der Waals surface area (Å²) >= 11 is 0. The van der Waals surface area contributed by atoms with Crippen molar-refractivity contribution in [2.45, 2.75) is 36.8 Å². The zero-order chi connectivity index (χ0) is 24.2. The normalized spacial score (nSPS) is 17.5. The van der Waals surface area contributed by atoms with E-state index in [1.807, 2.05) is 18.0 Å². The standard InChI is InChI=1S/C26H29N3O5.ClH/c1-29(14-17-34-22-5-3-2-4-20(22)18-27)26(12-15-33-16-13-26)24(32)28-25(10-11-25)21-8-6-19(7-9-21)23(30)31;/h2-9H,10-17H2,1H3,(H,28,32)(H,30,31);1H. The van der Waals surface area contributed by atoms with E-state index in [4.69, 9.17) is 14.6 Å². The zero-order valence-electron chi connectivity index (χ0n) is 19.7. The molecule has 2 N–H and O–H groups in total. The summed E-state index contributed by atoms with van der Waals surface area (Å²) in [7, 11) is 1.92. The molecule has 0 atom stereocenters. The maximum atomic E-state index is 13.7. The number of para-hydroxylation sites is 1. The number of carboxylic acid groups (broad SMARTS) is 1. The number of hydrogen-bond donors (Lipinski definition) is 2. The smallest absolute Gasteiger partial charge is 0.335 e. The number of nitrogens with one attached hydrogen (secondary N) is 1. The van der Waals surface area contributed by atoms with Crippen LogP contribution < -0.4 is 10.1 Å². The van der Waals surface area contributed by atoms with E-state index in [0.29, 0.717) is 50.5 Å². The summed E-state index contributed by atoms with van der Waals surface area (Å²) in [4.78, 5) is 26.9. The predicted molar refractivity (Wildman–Crippen MR) is 132 cm³/mol. The third-order valence-corrected chi connectivity index (χ3v) is 6.95. The Hall–Kier alpha value is -3.12. The lowest BCUT2D eigenvalue weighted by Gasteiger charge is -2.43. The summed E-state index contributed by atoms with van der Waals surface area (Å²) < 4.78 is 11.4. The SMILES string of the molecule is CN(CCOc1ccccc1C#N)C1(C(=O)NC2(c3ccc(C(=O)O)cc3)CC2)CCOCC1.Cl. The Morgan fingerprint density at radius 1 is 1.11 bits per heavy atom. The van der Waals surface area contributed by atoms with Crippen LogP contribution in [0.1, 0.15) is 47.2 Å². The van der Waals surface area contributed by atoms with Crippen molar-refractivity contribution in [1.82, 2.24) is 10.2 Å². The van der Waals surface area contributed by atoms with E-state index in [9.17, 15) is 14.9 Å². The molecule has 0 bridgehead atoms. The number of hydrogen-bond acceptors (Lipinski definition) is 6. The van der Waals surface area contributed by atoms with Crippen LogP contribution in [0.2, 0.25) is 0 Å². The summed E-state index contributed by atoms with van der Waals surface area (Å²) in [6.45, 7) is 1.84. The van der Waals surface area contributed by atoms with Crippen molar-refractivity contribution in [3.8, 4) is 11.8 Å². The summed E-state index contributed by atoms with van der Waals surface area (Å²) in [6, 6.07) is 16.0. The minimum absolute atomic E-state index is 0. The van der Waals surface area contributed by atoms with Gasteiger partial charge in [-0.2, -0.15) is 5.26 Å². The van der Waals surface area contributed by atoms with Crippen molar-refractivity contribution in [2.75, 3.05) is 33.4 Å². The second kappa shape index (κ2) is 11.1. The fraction of sp³-hybridized carbons (Fsp3) is 0.423. The van der Waals surface area contributed by atoms with Gasteiger partial charge in [-0.05, 0) is 62.6 Å². The van der Waals surface area contributed by atoms with E-state index in [-0.39, 0.29) is 23.9 Å². The summed E-state index contributed by atoms with van der Waals surface area (Å²) in [5.74, 6) is -0.482. The van der Waals surface area contributed by atoms with Crippen LogP contribution in [-0.4, -0.2) is 60.8 Å². The molecule has 9 heteroatoms. The van der Waals surface area contributed by atoms with Crippen molar-refractivity contribution in [1.29, 1.82) is 5.26 Å². The highest BCUT2D eigenvalue weighted by atomic mass is 35.5. The average molecular weight is 500 g/mol. The van der Waals surface area contributed by atoms with Gasteiger partial charge in [0.2, 0.25) is 5.91 Å². The molecule has 0 unspecified atom stereocenters. The van der Waals surface area contributed by atoms with Crippen LogP contribution in [0.4, 0.5) is 0 Å². The molecule has 0 spiro atoms. The van der Waals surface area contributed by atoms with Gasteiger partial charge in [-0.15, -0.1) is 12.4 Å². The molecule has 35 heavy (non-hydrogen) atoms. The maximum Gasteiger partial charge on any atom is 0.335 e. The van der Waals surface area contributed by atoms with Gasteiger partial charge < -0.3 is 19.9 Å². The minimum atomic E-state index is -0.970. The number of carboxylic acids is 1. The molecule has 2 aliphatic rings. The molecule has 1 aliphatic heterocycles. The Bertz CT molecular complexity index is 1090. The molecule has 1 amide bonds. The van der Waals surface area contributed by atoms with Crippen molar-refractivity contribution in [2.24, 2.45) is 0 Å². The fourth-order valence-corrected chi connectivity index (χ4v) is 4.56. The number of aromatic carboxylic acids is 1. The third-order valence-electron chi connectivity index (χ3n) is 6.95. The highest BCUT2D eigenvalue weighted by molar-refractivity contribution is 5.88. The largest absolute Gasteiger partial charge is 0.491 e. The minimum Gasteiger partial charge on any atom is -0.491 e. The number of nitrogens with zero attached hydrogens (tertiary/aromatic N) is 2. The number of benzene rings is 2. The molecule has 2 aromatic carbocycles. The lowest BCUT2D eigenvalue weighted by Crippen LogP contribution is -2.62. The Morgan fingerprint density at radius 2 is 1.77 bits per heavy atom. The summed E-state index contributed by atoms with van der Waals surface area (Å²) in [5, 5.41) is 21.7. The first-order valence-electron chi connectivity index (χ1n) is 11.5. The fourth-order valence-electron chi connectivity index (χ4n) is 4.56. The second-order valence-electron chi connectivity index (χ2n) is 8.94. The van der Waals surface area contributed by atoms with Gasteiger partial charge in [-0.1, -0.05) is 24.3 Å². The highest BCUT2D eigenvalue weighted by Crippen LogP contribution is 2.46. The van der Waals surface area contributed by atoms with Crippen molar-refractivity contribution < 1.29 is 24.2 Å². The Balaban J connectivity index is 0.00000342. The van der Waals surface area contributed by atoms with Gasteiger partial charge in [0.05, 0.1) is 16.7 Å². The lowest BCUT2D eigenvalue weighted by molar-refractivity contribution is -0.140. The van der Waals surface area contributed by atoms with Crippen LogP contribution in [0.25, 0.3) is 0 Å². The number of amides is 1. The molecule has 1 saturated carbocycles. The molecule has 186 valence electrons. The van der Waals surface area contributed by atoms with Gasteiger partial charge in [0.1, 0.15) is 24.0 Å². The van der Waals surface area contributed by atoms with Gasteiger partial charge in [0.25, 0.3) is 0 Å². The first-order valence-corrected chi connectivity index (χ1v) is 11.5. The average Bonchev–Trinajstić information content (AvgIpc) is 3.65. The molecule has 2 fully saturated rings. The molecular weight excluding hydrogens is 470 g/mol. The monoisotopic (exact) mass is 499 g/mol. The van der Waals surface area contributed by atoms with Crippen LogP contribution in [0.15, 0.2) is 48.5 Å². The summed E-state index contributed by atoms with van der Waals surface area (Å²) in [5.41, 5.74) is 0.444. The number of ether oxygens (including phenoxy) is 2. The van der Waals surface area contributed by atoms with Crippen molar-refractivity contribution in [3.63, 3.8) is 0 Å². The van der Waals surface area contributed by atoms with Crippen LogP contribution in [-0.2, 0) is 15.1 Å². The molecule has 1 aliphatic carbocycles.